The summed E-state index contributed by atoms with van der Waals surface area (Å²) in [6.07, 6.45) is 0. The van der Waals surface area contributed by atoms with Crippen molar-refractivity contribution in [3.8, 4) is 17.0 Å². The van der Waals surface area contributed by atoms with Crippen LogP contribution in [0.15, 0.2) is 42.5 Å². The highest BCUT2D eigenvalue weighted by molar-refractivity contribution is 6.04. The molecule has 0 saturated heterocycles. The molecule has 0 bridgehead atoms. The van der Waals surface area contributed by atoms with Gasteiger partial charge in [0.1, 0.15) is 5.75 Å². The summed E-state index contributed by atoms with van der Waals surface area (Å²) in [7, 11) is 1.62. The molecule has 0 aliphatic heterocycles. The van der Waals surface area contributed by atoms with Gasteiger partial charge in [0.25, 0.3) is 0 Å². The van der Waals surface area contributed by atoms with Crippen molar-refractivity contribution < 1.29 is 14.6 Å². The minimum atomic E-state index is -0.944. The number of carboxylic acids is 1. The van der Waals surface area contributed by atoms with E-state index in [0.717, 1.165) is 22.4 Å². The fraction of sp³-hybridized carbons (Fsp3) is 0.238. The Kier molecular flexibility index (Phi) is 4.45. The van der Waals surface area contributed by atoms with Crippen molar-refractivity contribution in [2.24, 2.45) is 0 Å². The largest absolute Gasteiger partial charge is 0.497 e. The number of carbonyl (C=O) groups is 1. The lowest BCUT2D eigenvalue weighted by Gasteiger charge is -2.12. The Bertz CT molecular complexity index is 961. The zero-order valence-corrected chi connectivity index (χ0v) is 14.8. The predicted octanol–water partition coefficient (Wildman–Crippen LogP) is 5.04. The highest BCUT2D eigenvalue weighted by atomic mass is 16.5. The highest BCUT2D eigenvalue weighted by Gasteiger charge is 2.15. The van der Waals surface area contributed by atoms with Gasteiger partial charge in [-0.25, -0.2) is 9.78 Å². The molecular formula is C21H21NO3. The number of nitrogens with zero attached hydrogens (tertiary/aromatic N) is 1. The molecule has 0 aliphatic carbocycles. The third kappa shape index (κ3) is 3.20. The van der Waals surface area contributed by atoms with Crippen molar-refractivity contribution in [2.75, 3.05) is 7.11 Å². The topological polar surface area (TPSA) is 59.4 Å². The molecule has 0 fully saturated rings. The molecule has 0 spiro atoms. The molecule has 128 valence electrons. The number of carboxylic acid groups (broad SMARTS) is 1. The summed E-state index contributed by atoms with van der Waals surface area (Å²) in [5, 5.41) is 10.4. The molecule has 1 aromatic heterocycles. The van der Waals surface area contributed by atoms with E-state index in [0.29, 0.717) is 22.5 Å². The molecule has 25 heavy (non-hydrogen) atoms. The Morgan fingerprint density at radius 2 is 1.88 bits per heavy atom. The normalized spacial score (nSPS) is 11.1. The van der Waals surface area contributed by atoms with Crippen LogP contribution in [0.5, 0.6) is 5.75 Å². The minimum Gasteiger partial charge on any atom is -0.497 e. The molecule has 4 nitrogen and oxygen atoms in total. The average molecular weight is 335 g/mol. The maximum absolute atomic E-state index is 11.8. The zero-order chi connectivity index (χ0) is 18.1. The molecule has 0 radical (unpaired) electrons. The third-order valence-electron chi connectivity index (χ3n) is 4.44. The zero-order valence-electron chi connectivity index (χ0n) is 14.8. The van der Waals surface area contributed by atoms with E-state index in [9.17, 15) is 9.90 Å². The monoisotopic (exact) mass is 335 g/mol. The fourth-order valence-corrected chi connectivity index (χ4v) is 2.97. The number of hydrogen-bond acceptors (Lipinski definition) is 3. The summed E-state index contributed by atoms with van der Waals surface area (Å²) in [4.78, 5) is 16.5. The van der Waals surface area contributed by atoms with Crippen LogP contribution >= 0.6 is 0 Å². The first-order valence-electron chi connectivity index (χ1n) is 8.23. The first-order chi connectivity index (χ1) is 11.9. The van der Waals surface area contributed by atoms with E-state index in [1.54, 1.807) is 13.2 Å². The maximum atomic E-state index is 11.8. The van der Waals surface area contributed by atoms with E-state index < -0.39 is 5.97 Å². The van der Waals surface area contributed by atoms with Gasteiger partial charge in [-0.1, -0.05) is 19.9 Å². The van der Waals surface area contributed by atoms with Gasteiger partial charge in [-0.2, -0.15) is 0 Å². The molecule has 1 heterocycles. The number of rotatable bonds is 4. The Balaban J connectivity index is 2.24. The van der Waals surface area contributed by atoms with Crippen molar-refractivity contribution in [2.45, 2.75) is 26.7 Å². The quantitative estimate of drug-likeness (QED) is 0.725. The smallest absolute Gasteiger partial charge is 0.336 e. The number of fused-ring (bicyclic) bond motifs is 1. The van der Waals surface area contributed by atoms with Crippen LogP contribution in [0.4, 0.5) is 0 Å². The molecule has 0 aliphatic rings. The van der Waals surface area contributed by atoms with Crippen molar-refractivity contribution in [1.82, 2.24) is 4.98 Å². The van der Waals surface area contributed by atoms with E-state index in [2.05, 4.69) is 13.8 Å². The number of pyridine rings is 1. The van der Waals surface area contributed by atoms with Gasteiger partial charge >= 0.3 is 5.97 Å². The lowest BCUT2D eigenvalue weighted by atomic mass is 9.97. The maximum Gasteiger partial charge on any atom is 0.336 e. The molecule has 0 saturated carbocycles. The lowest BCUT2D eigenvalue weighted by Crippen LogP contribution is -2.02. The first kappa shape index (κ1) is 17.0. The third-order valence-corrected chi connectivity index (χ3v) is 4.44. The number of hydrogen-bond donors (Lipinski definition) is 1. The van der Waals surface area contributed by atoms with Crippen LogP contribution in [-0.2, 0) is 0 Å². The molecule has 0 atom stereocenters. The molecule has 0 amide bonds. The summed E-state index contributed by atoms with van der Waals surface area (Å²) < 4.78 is 5.24. The molecular weight excluding hydrogens is 314 g/mol. The molecule has 0 unspecified atom stereocenters. The van der Waals surface area contributed by atoms with Crippen molar-refractivity contribution >= 4 is 16.9 Å². The summed E-state index contributed by atoms with van der Waals surface area (Å²) >= 11 is 0. The lowest BCUT2D eigenvalue weighted by molar-refractivity contribution is 0.0699. The van der Waals surface area contributed by atoms with Crippen molar-refractivity contribution in [1.29, 1.82) is 0 Å². The van der Waals surface area contributed by atoms with E-state index in [4.69, 9.17) is 9.72 Å². The molecule has 3 rings (SSSR count). The Morgan fingerprint density at radius 3 is 2.48 bits per heavy atom. The Labute approximate surface area is 147 Å². The minimum absolute atomic E-state index is 0.276. The van der Waals surface area contributed by atoms with E-state index in [1.165, 1.54) is 0 Å². The van der Waals surface area contributed by atoms with Gasteiger partial charge in [-0.05, 0) is 60.4 Å². The number of benzene rings is 2. The standard InChI is InChI=1S/C21H21NO3/c1-12(2)14-5-8-19-17(10-14)18(21(23)24)11-20(22-19)16-7-6-15(25-4)9-13(16)3/h5-12H,1-4H3,(H,23,24). The summed E-state index contributed by atoms with van der Waals surface area (Å²) in [5.41, 5.74) is 4.61. The van der Waals surface area contributed by atoms with Gasteiger partial charge in [-0.3, -0.25) is 0 Å². The van der Waals surface area contributed by atoms with Gasteiger partial charge in [-0.15, -0.1) is 0 Å². The number of ether oxygens (including phenoxy) is 1. The molecule has 4 heteroatoms. The van der Waals surface area contributed by atoms with Crippen LogP contribution in [0.2, 0.25) is 0 Å². The van der Waals surface area contributed by atoms with Crippen LogP contribution < -0.4 is 4.74 Å². The van der Waals surface area contributed by atoms with Gasteiger partial charge in [0.2, 0.25) is 0 Å². The van der Waals surface area contributed by atoms with Crippen LogP contribution in [0, 0.1) is 6.92 Å². The molecule has 1 N–H and O–H groups in total. The van der Waals surface area contributed by atoms with Crippen LogP contribution in [0.1, 0.15) is 41.3 Å². The highest BCUT2D eigenvalue weighted by Crippen LogP contribution is 2.30. The van der Waals surface area contributed by atoms with E-state index >= 15 is 0 Å². The van der Waals surface area contributed by atoms with Crippen LogP contribution in [0.25, 0.3) is 22.2 Å². The van der Waals surface area contributed by atoms with Crippen molar-refractivity contribution in [3.05, 3.63) is 59.2 Å². The van der Waals surface area contributed by atoms with Crippen LogP contribution in [-0.4, -0.2) is 23.2 Å². The fourth-order valence-electron chi connectivity index (χ4n) is 2.97. The number of aryl methyl sites for hydroxylation is 1. The number of aromatic carboxylic acids is 1. The molecule has 3 aromatic rings. The van der Waals surface area contributed by atoms with Gasteiger partial charge in [0.15, 0.2) is 0 Å². The SMILES string of the molecule is COc1ccc(-c2cc(C(=O)O)c3cc(C(C)C)ccc3n2)c(C)c1. The van der Waals surface area contributed by atoms with E-state index in [1.807, 2.05) is 43.3 Å². The number of aromatic nitrogens is 1. The Morgan fingerprint density at radius 1 is 1.12 bits per heavy atom. The Hall–Kier alpha value is -2.88. The summed E-state index contributed by atoms with van der Waals surface area (Å²) in [6, 6.07) is 13.2. The van der Waals surface area contributed by atoms with Gasteiger partial charge in [0.05, 0.1) is 23.9 Å². The second kappa shape index (κ2) is 6.55. The predicted molar refractivity (Wildman–Crippen MR) is 99.5 cm³/mol. The molecule has 2 aromatic carbocycles. The van der Waals surface area contributed by atoms with Gasteiger partial charge in [0, 0.05) is 10.9 Å². The summed E-state index contributed by atoms with van der Waals surface area (Å²) in [5.74, 6) is 0.150. The summed E-state index contributed by atoms with van der Waals surface area (Å²) in [6.45, 7) is 6.14. The van der Waals surface area contributed by atoms with E-state index in [-0.39, 0.29) is 5.56 Å². The number of methoxy groups -OCH3 is 1. The second-order valence-corrected chi connectivity index (χ2v) is 6.47. The second-order valence-electron chi connectivity index (χ2n) is 6.47. The first-order valence-corrected chi connectivity index (χ1v) is 8.23. The van der Waals surface area contributed by atoms with Gasteiger partial charge < -0.3 is 9.84 Å². The average Bonchev–Trinajstić information content (AvgIpc) is 2.59. The van der Waals surface area contributed by atoms with Crippen molar-refractivity contribution in [3.63, 3.8) is 0 Å². The van der Waals surface area contributed by atoms with Crippen LogP contribution in [0.3, 0.4) is 0 Å².